The lowest BCUT2D eigenvalue weighted by molar-refractivity contribution is -0.147. The summed E-state index contributed by atoms with van der Waals surface area (Å²) in [7, 11) is -2.95. The number of aryl methyl sites for hydroxylation is 1. The monoisotopic (exact) mass is 460 g/mol. The third-order valence-electron chi connectivity index (χ3n) is 4.50. The third kappa shape index (κ3) is 9.96. The maximum Gasteiger partial charge on any atom is 0.408 e. The smallest absolute Gasteiger partial charge is 0.408 e. The molecule has 174 valence electrons. The first-order valence-corrected chi connectivity index (χ1v) is 12.4. The minimum atomic E-state index is -2.95. The zero-order valence-electron chi connectivity index (χ0n) is 18.8. The van der Waals surface area contributed by atoms with Gasteiger partial charge in [-0.1, -0.05) is 60.7 Å². The van der Waals surface area contributed by atoms with Gasteiger partial charge in [0.05, 0.1) is 0 Å². The molecule has 32 heavy (non-hydrogen) atoms. The number of benzene rings is 2. The summed E-state index contributed by atoms with van der Waals surface area (Å²) >= 11 is 0. The van der Waals surface area contributed by atoms with Crippen molar-refractivity contribution in [2.75, 3.05) is 11.5 Å². The molecule has 0 radical (unpaired) electrons. The van der Waals surface area contributed by atoms with E-state index < -0.39 is 33.4 Å². The first-order chi connectivity index (χ1) is 15.0. The Morgan fingerprint density at radius 1 is 0.969 bits per heavy atom. The highest BCUT2D eigenvalue weighted by atomic mass is 32.2. The summed E-state index contributed by atoms with van der Waals surface area (Å²) in [5.41, 5.74) is 1.07. The van der Waals surface area contributed by atoms with Gasteiger partial charge in [0.1, 0.15) is 18.2 Å². The fraction of sp³-hybridized carbons (Fsp3) is 0.417. The number of carbonyl (C=O) groups is 2. The molecule has 2 aromatic carbocycles. The summed E-state index contributed by atoms with van der Waals surface area (Å²) in [6.07, 6.45) is -0.240. The van der Waals surface area contributed by atoms with E-state index >= 15 is 0 Å². The highest BCUT2D eigenvalue weighted by Gasteiger charge is 2.26. The Morgan fingerprint density at radius 3 is 2.09 bits per heavy atom. The molecule has 8 heteroatoms. The summed E-state index contributed by atoms with van der Waals surface area (Å²) < 4.78 is 31.6. The fourth-order valence-electron chi connectivity index (χ4n) is 2.87. The predicted octanol–water partition coefficient (Wildman–Crippen LogP) is 4.30. The van der Waals surface area contributed by atoms with Crippen LogP contribution >= 0.6 is 0 Å². The van der Waals surface area contributed by atoms with E-state index in [0.717, 1.165) is 11.1 Å². The van der Waals surface area contributed by atoms with Gasteiger partial charge in [-0.2, -0.15) is 0 Å². The number of esters is 1. The summed E-state index contributed by atoms with van der Waals surface area (Å²) in [5, 5.41) is 2.51. The molecule has 1 unspecified atom stereocenters. The second kappa shape index (κ2) is 11.7. The lowest BCUT2D eigenvalue weighted by Crippen LogP contribution is -2.45. The minimum absolute atomic E-state index is 0.0178. The Bertz CT molecular complexity index is 970. The zero-order chi connectivity index (χ0) is 23.6. The van der Waals surface area contributed by atoms with Gasteiger partial charge < -0.3 is 14.8 Å². The maximum absolute atomic E-state index is 12.8. The molecule has 0 aromatic heterocycles. The van der Waals surface area contributed by atoms with Crippen molar-refractivity contribution in [3.8, 4) is 0 Å². The van der Waals surface area contributed by atoms with E-state index in [9.17, 15) is 13.8 Å². The molecule has 0 saturated carbocycles. The highest BCUT2D eigenvalue weighted by Crippen LogP contribution is 2.11. The molecule has 0 aliphatic heterocycles. The normalized spacial score (nSPS) is 14.1. The Morgan fingerprint density at radius 2 is 1.53 bits per heavy atom. The minimum Gasteiger partial charge on any atom is -0.459 e. The van der Waals surface area contributed by atoms with Gasteiger partial charge in [0.25, 0.3) is 0 Å². The van der Waals surface area contributed by atoms with Crippen LogP contribution in [0.1, 0.15) is 38.3 Å². The quantitative estimate of drug-likeness (QED) is 0.514. The average Bonchev–Trinajstić information content (AvgIpc) is 2.74. The van der Waals surface area contributed by atoms with Crippen molar-refractivity contribution in [1.29, 1.82) is 4.78 Å². The van der Waals surface area contributed by atoms with Crippen LogP contribution < -0.4 is 5.32 Å². The summed E-state index contributed by atoms with van der Waals surface area (Å²) in [6, 6.07) is 17.6. The maximum atomic E-state index is 12.8. The van der Waals surface area contributed by atoms with Gasteiger partial charge in [-0.3, -0.25) is 4.78 Å². The Hall–Kier alpha value is -2.87. The van der Waals surface area contributed by atoms with Crippen LogP contribution in [0.15, 0.2) is 60.7 Å². The molecule has 0 fully saturated rings. The fourth-order valence-corrected chi connectivity index (χ4v) is 4.25. The average molecular weight is 461 g/mol. The van der Waals surface area contributed by atoms with Crippen molar-refractivity contribution in [1.82, 2.24) is 5.32 Å². The van der Waals surface area contributed by atoms with Gasteiger partial charge in [0.15, 0.2) is 0 Å². The molecule has 0 aliphatic rings. The molecule has 1 amide bonds. The van der Waals surface area contributed by atoms with Crippen LogP contribution in [0.5, 0.6) is 0 Å². The zero-order valence-corrected chi connectivity index (χ0v) is 19.7. The number of nitrogens with one attached hydrogen (secondary N) is 2. The molecule has 0 aliphatic carbocycles. The Balaban J connectivity index is 1.98. The number of hydrogen-bond donors (Lipinski definition) is 2. The van der Waals surface area contributed by atoms with Crippen molar-refractivity contribution < 1.29 is 23.3 Å². The SMILES string of the molecule is CC(C)(C)OC(=O)N[C@@H](CCS(=N)(=O)CCc1ccccc1)C(=O)OCc1ccccc1. The highest BCUT2D eigenvalue weighted by molar-refractivity contribution is 7.92. The molecule has 2 atom stereocenters. The topological polar surface area (TPSA) is 106 Å². The molecular formula is C24H32N2O5S. The van der Waals surface area contributed by atoms with E-state index in [1.807, 2.05) is 60.7 Å². The van der Waals surface area contributed by atoms with Crippen LogP contribution in [0.4, 0.5) is 4.79 Å². The van der Waals surface area contributed by atoms with Crippen LogP contribution in [0.2, 0.25) is 0 Å². The first-order valence-electron chi connectivity index (χ1n) is 10.5. The van der Waals surface area contributed by atoms with Gasteiger partial charge in [-0.25, -0.2) is 13.8 Å². The summed E-state index contributed by atoms with van der Waals surface area (Å²) in [5.74, 6) is -0.520. The second-order valence-corrected chi connectivity index (χ2v) is 11.0. The molecule has 2 aromatic rings. The number of carbonyl (C=O) groups excluding carboxylic acids is 2. The molecule has 0 bridgehead atoms. The number of ether oxygens (including phenoxy) is 2. The Kier molecular flexibility index (Phi) is 9.26. The van der Waals surface area contributed by atoms with Crippen LogP contribution in [-0.2, 0) is 37.0 Å². The van der Waals surface area contributed by atoms with Crippen LogP contribution in [0, 0.1) is 4.78 Å². The summed E-state index contributed by atoms with van der Waals surface area (Å²) in [4.78, 5) is 24.9. The van der Waals surface area contributed by atoms with E-state index in [2.05, 4.69) is 5.32 Å². The second-order valence-electron chi connectivity index (χ2n) is 8.54. The van der Waals surface area contributed by atoms with E-state index in [1.165, 1.54) is 0 Å². The molecule has 0 spiro atoms. The lowest BCUT2D eigenvalue weighted by atomic mass is 10.2. The van der Waals surface area contributed by atoms with E-state index in [1.54, 1.807) is 20.8 Å². The molecular weight excluding hydrogens is 428 g/mol. The van der Waals surface area contributed by atoms with Crippen molar-refractivity contribution >= 4 is 21.8 Å². The largest absolute Gasteiger partial charge is 0.459 e. The van der Waals surface area contributed by atoms with Gasteiger partial charge in [-0.05, 0) is 44.7 Å². The standard InChI is InChI=1S/C24H32N2O5S/c1-24(2,3)31-23(28)26-21(22(27)30-18-20-12-8-5-9-13-20)15-17-32(25,29)16-14-19-10-6-4-7-11-19/h4-13,21,25H,14-18H2,1-3H3,(H,26,28)/t21-,32?/m0/s1. The third-order valence-corrected chi connectivity index (χ3v) is 6.26. The van der Waals surface area contributed by atoms with Gasteiger partial charge in [0.2, 0.25) is 0 Å². The van der Waals surface area contributed by atoms with Gasteiger partial charge in [-0.15, -0.1) is 0 Å². The number of amides is 1. The van der Waals surface area contributed by atoms with Crippen molar-refractivity contribution in [2.45, 2.75) is 51.9 Å². The molecule has 0 saturated heterocycles. The number of rotatable bonds is 10. The van der Waals surface area contributed by atoms with Crippen molar-refractivity contribution in [3.05, 3.63) is 71.8 Å². The van der Waals surface area contributed by atoms with Gasteiger partial charge >= 0.3 is 12.1 Å². The molecule has 7 nitrogen and oxygen atoms in total. The van der Waals surface area contributed by atoms with Gasteiger partial charge in [0, 0.05) is 21.2 Å². The van der Waals surface area contributed by atoms with Crippen molar-refractivity contribution in [3.63, 3.8) is 0 Å². The number of hydrogen-bond acceptors (Lipinski definition) is 6. The molecule has 0 heterocycles. The first kappa shape index (κ1) is 25.4. The lowest BCUT2D eigenvalue weighted by Gasteiger charge is -2.23. The van der Waals surface area contributed by atoms with Crippen LogP contribution in [-0.4, -0.2) is 39.4 Å². The van der Waals surface area contributed by atoms with Crippen LogP contribution in [0.3, 0.4) is 0 Å². The molecule has 2 N–H and O–H groups in total. The van der Waals surface area contributed by atoms with E-state index in [0.29, 0.717) is 6.42 Å². The van der Waals surface area contributed by atoms with E-state index in [-0.39, 0.29) is 24.5 Å². The predicted molar refractivity (Wildman–Crippen MR) is 125 cm³/mol. The van der Waals surface area contributed by atoms with E-state index in [4.69, 9.17) is 14.3 Å². The van der Waals surface area contributed by atoms with Crippen LogP contribution in [0.25, 0.3) is 0 Å². The van der Waals surface area contributed by atoms with Crippen molar-refractivity contribution in [2.24, 2.45) is 0 Å². The summed E-state index contributed by atoms with van der Waals surface area (Å²) in [6.45, 7) is 5.21. The number of alkyl carbamates (subject to hydrolysis) is 1. The Labute approximate surface area is 190 Å². The molecule has 2 rings (SSSR count).